The Morgan fingerprint density at radius 3 is 2.88 bits per heavy atom. The monoisotopic (exact) mass is 298 g/mol. The molecule has 3 nitrogen and oxygen atoms in total. The summed E-state index contributed by atoms with van der Waals surface area (Å²) in [5, 5.41) is 3.30. The van der Waals surface area contributed by atoms with Crippen molar-refractivity contribution >= 4 is 15.9 Å². The average molecular weight is 299 g/mol. The van der Waals surface area contributed by atoms with Crippen LogP contribution in [0.3, 0.4) is 0 Å². The van der Waals surface area contributed by atoms with Crippen LogP contribution in [0, 0.1) is 0 Å². The number of ether oxygens (including phenoxy) is 1. The Morgan fingerprint density at radius 1 is 1.47 bits per heavy atom. The molecule has 1 saturated heterocycles. The van der Waals surface area contributed by atoms with Gasteiger partial charge in [0.05, 0.1) is 0 Å². The second-order valence-corrected chi connectivity index (χ2v) is 5.16. The van der Waals surface area contributed by atoms with Crippen LogP contribution in [-0.4, -0.2) is 43.7 Å². The molecule has 1 fully saturated rings. The molecule has 1 aromatic rings. The van der Waals surface area contributed by atoms with Crippen LogP contribution < -0.4 is 10.1 Å². The quantitative estimate of drug-likeness (QED) is 0.871. The number of nitrogens with zero attached hydrogens (tertiary/aromatic N) is 1. The summed E-state index contributed by atoms with van der Waals surface area (Å²) in [7, 11) is 0. The molecule has 4 heteroatoms. The van der Waals surface area contributed by atoms with Crippen LogP contribution in [0.25, 0.3) is 0 Å². The Balaban J connectivity index is 1.74. The van der Waals surface area contributed by atoms with Crippen molar-refractivity contribution < 1.29 is 4.74 Å². The molecule has 0 aromatic heterocycles. The molecule has 94 valence electrons. The van der Waals surface area contributed by atoms with Crippen molar-refractivity contribution in [3.63, 3.8) is 0 Å². The van der Waals surface area contributed by atoms with E-state index in [-0.39, 0.29) is 0 Å². The molecular weight excluding hydrogens is 280 g/mol. The van der Waals surface area contributed by atoms with Gasteiger partial charge in [-0.2, -0.15) is 0 Å². The highest BCUT2D eigenvalue weighted by molar-refractivity contribution is 9.10. The average Bonchev–Trinajstić information content (AvgIpc) is 2.25. The lowest BCUT2D eigenvalue weighted by Crippen LogP contribution is -2.57. The highest BCUT2D eigenvalue weighted by atomic mass is 79.9. The SMILES string of the molecule is CCN(CCOc1cccc(Br)c1)C1CNC1. The lowest BCUT2D eigenvalue weighted by atomic mass is 10.1. The minimum Gasteiger partial charge on any atom is -0.492 e. The van der Waals surface area contributed by atoms with E-state index in [1.807, 2.05) is 24.3 Å². The van der Waals surface area contributed by atoms with E-state index in [1.54, 1.807) is 0 Å². The van der Waals surface area contributed by atoms with Crippen LogP contribution in [0.15, 0.2) is 28.7 Å². The van der Waals surface area contributed by atoms with Crippen molar-refractivity contribution in [3.05, 3.63) is 28.7 Å². The molecule has 1 aliphatic rings. The number of halogens is 1. The number of hydrogen-bond donors (Lipinski definition) is 1. The summed E-state index contributed by atoms with van der Waals surface area (Å²) in [6, 6.07) is 8.69. The van der Waals surface area contributed by atoms with Crippen molar-refractivity contribution in [2.45, 2.75) is 13.0 Å². The summed E-state index contributed by atoms with van der Waals surface area (Å²) in [6.45, 7) is 7.28. The lowest BCUT2D eigenvalue weighted by Gasteiger charge is -2.37. The minimum absolute atomic E-state index is 0.700. The maximum Gasteiger partial charge on any atom is 0.120 e. The first-order chi connectivity index (χ1) is 8.29. The molecule has 0 atom stereocenters. The summed E-state index contributed by atoms with van der Waals surface area (Å²) in [5.41, 5.74) is 0. The number of hydrogen-bond acceptors (Lipinski definition) is 3. The van der Waals surface area contributed by atoms with Gasteiger partial charge < -0.3 is 10.1 Å². The first-order valence-electron chi connectivity index (χ1n) is 6.12. The van der Waals surface area contributed by atoms with Gasteiger partial charge in [-0.1, -0.05) is 28.9 Å². The van der Waals surface area contributed by atoms with Gasteiger partial charge in [-0.15, -0.1) is 0 Å². The van der Waals surface area contributed by atoms with Crippen molar-refractivity contribution in [1.82, 2.24) is 10.2 Å². The molecular formula is C13H19BrN2O. The van der Waals surface area contributed by atoms with Gasteiger partial charge in [0, 0.05) is 30.1 Å². The second-order valence-electron chi connectivity index (χ2n) is 4.25. The van der Waals surface area contributed by atoms with E-state index < -0.39 is 0 Å². The molecule has 0 saturated carbocycles. The third kappa shape index (κ3) is 3.69. The molecule has 1 N–H and O–H groups in total. The van der Waals surface area contributed by atoms with Crippen molar-refractivity contribution in [2.24, 2.45) is 0 Å². The van der Waals surface area contributed by atoms with Gasteiger partial charge >= 0.3 is 0 Å². The molecule has 0 aliphatic carbocycles. The summed E-state index contributed by atoms with van der Waals surface area (Å²) >= 11 is 3.44. The Bertz CT molecular complexity index is 355. The number of nitrogens with one attached hydrogen (secondary N) is 1. The molecule has 1 aromatic carbocycles. The normalized spacial score (nSPS) is 15.9. The standard InChI is InChI=1S/C13H19BrN2O/c1-2-16(12-9-15-10-12)6-7-17-13-5-3-4-11(14)8-13/h3-5,8,12,15H,2,6-7,9-10H2,1H3. The van der Waals surface area contributed by atoms with Gasteiger partial charge in [-0.25, -0.2) is 0 Å². The number of benzene rings is 1. The highest BCUT2D eigenvalue weighted by Crippen LogP contribution is 2.17. The van der Waals surface area contributed by atoms with Crippen LogP contribution >= 0.6 is 15.9 Å². The van der Waals surface area contributed by atoms with E-state index in [4.69, 9.17) is 4.74 Å². The van der Waals surface area contributed by atoms with Gasteiger partial charge in [0.2, 0.25) is 0 Å². The summed E-state index contributed by atoms with van der Waals surface area (Å²) in [4.78, 5) is 2.47. The summed E-state index contributed by atoms with van der Waals surface area (Å²) < 4.78 is 6.81. The predicted molar refractivity (Wildman–Crippen MR) is 73.5 cm³/mol. The van der Waals surface area contributed by atoms with E-state index in [9.17, 15) is 0 Å². The van der Waals surface area contributed by atoms with Gasteiger partial charge in [0.15, 0.2) is 0 Å². The molecule has 1 heterocycles. The third-order valence-electron chi connectivity index (χ3n) is 3.13. The Morgan fingerprint density at radius 2 is 2.29 bits per heavy atom. The fourth-order valence-corrected chi connectivity index (χ4v) is 2.35. The fraction of sp³-hybridized carbons (Fsp3) is 0.538. The van der Waals surface area contributed by atoms with E-state index in [0.717, 1.165) is 43.0 Å². The third-order valence-corrected chi connectivity index (χ3v) is 3.62. The zero-order chi connectivity index (χ0) is 12.1. The Hall–Kier alpha value is -0.580. The topological polar surface area (TPSA) is 24.5 Å². The molecule has 0 radical (unpaired) electrons. The van der Waals surface area contributed by atoms with Gasteiger partial charge in [0.1, 0.15) is 12.4 Å². The number of likely N-dealkylation sites (N-methyl/N-ethyl adjacent to an activating group) is 1. The van der Waals surface area contributed by atoms with Crippen molar-refractivity contribution in [1.29, 1.82) is 0 Å². The summed E-state index contributed by atoms with van der Waals surface area (Å²) in [6.07, 6.45) is 0. The minimum atomic E-state index is 0.700. The van der Waals surface area contributed by atoms with Crippen LogP contribution in [0.4, 0.5) is 0 Å². The number of rotatable bonds is 6. The largest absolute Gasteiger partial charge is 0.492 e. The van der Waals surface area contributed by atoms with Crippen molar-refractivity contribution in [2.75, 3.05) is 32.8 Å². The molecule has 2 rings (SSSR count). The molecule has 17 heavy (non-hydrogen) atoms. The predicted octanol–water partition coefficient (Wildman–Crippen LogP) is 2.12. The van der Waals surface area contributed by atoms with Crippen molar-refractivity contribution in [3.8, 4) is 5.75 Å². The molecule has 0 amide bonds. The van der Waals surface area contributed by atoms with Crippen LogP contribution in [0.5, 0.6) is 5.75 Å². The van der Waals surface area contributed by atoms with Crippen LogP contribution in [-0.2, 0) is 0 Å². The van der Waals surface area contributed by atoms with Gasteiger partial charge in [-0.05, 0) is 24.7 Å². The first kappa shape index (κ1) is 12.9. The van der Waals surface area contributed by atoms with E-state index in [2.05, 4.69) is 33.1 Å². The summed E-state index contributed by atoms with van der Waals surface area (Å²) in [5.74, 6) is 0.933. The smallest absolute Gasteiger partial charge is 0.120 e. The van der Waals surface area contributed by atoms with Gasteiger partial charge in [0.25, 0.3) is 0 Å². The van der Waals surface area contributed by atoms with Crippen LogP contribution in [0.2, 0.25) is 0 Å². The van der Waals surface area contributed by atoms with Crippen LogP contribution in [0.1, 0.15) is 6.92 Å². The highest BCUT2D eigenvalue weighted by Gasteiger charge is 2.22. The zero-order valence-electron chi connectivity index (χ0n) is 10.2. The Kier molecular flexibility index (Phi) is 4.83. The first-order valence-corrected chi connectivity index (χ1v) is 6.92. The molecule has 0 unspecified atom stereocenters. The molecule has 0 spiro atoms. The maximum absolute atomic E-state index is 5.75. The van der Waals surface area contributed by atoms with Gasteiger partial charge in [-0.3, -0.25) is 4.90 Å². The lowest BCUT2D eigenvalue weighted by molar-refractivity contribution is 0.128. The Labute approximate surface area is 111 Å². The van der Waals surface area contributed by atoms with E-state index in [1.165, 1.54) is 0 Å². The maximum atomic E-state index is 5.75. The molecule has 0 bridgehead atoms. The van der Waals surface area contributed by atoms with E-state index in [0.29, 0.717) is 6.04 Å². The molecule has 1 aliphatic heterocycles. The fourth-order valence-electron chi connectivity index (χ4n) is 1.97. The van der Waals surface area contributed by atoms with E-state index >= 15 is 0 Å². The second kappa shape index (κ2) is 6.38. The zero-order valence-corrected chi connectivity index (χ0v) is 11.7.